The molecule has 6 heteroatoms. The molecule has 0 aliphatic rings. The van der Waals surface area contributed by atoms with Crippen molar-refractivity contribution < 1.29 is 18.7 Å². The van der Waals surface area contributed by atoms with Crippen LogP contribution in [0.25, 0.3) is 0 Å². The minimum atomic E-state index is -2.46. The molecule has 1 aromatic rings. The zero-order chi connectivity index (χ0) is 14.3. The Kier molecular flexibility index (Phi) is 7.12. The van der Waals surface area contributed by atoms with Gasteiger partial charge in [0.2, 0.25) is 0 Å². The summed E-state index contributed by atoms with van der Waals surface area (Å²) in [6.45, 7) is -0.245. The Hall–Kier alpha value is -0.850. The van der Waals surface area contributed by atoms with Crippen molar-refractivity contribution in [1.29, 1.82) is 0 Å². The molecule has 19 heavy (non-hydrogen) atoms. The summed E-state index contributed by atoms with van der Waals surface area (Å²) in [6.07, 6.45) is -2.30. The molecule has 1 rings (SSSR count). The molecule has 0 saturated heterocycles. The highest BCUT2D eigenvalue weighted by molar-refractivity contribution is 9.10. The lowest BCUT2D eigenvalue weighted by Gasteiger charge is -2.20. The van der Waals surface area contributed by atoms with Gasteiger partial charge in [-0.15, -0.1) is 0 Å². The van der Waals surface area contributed by atoms with Crippen LogP contribution in [0.2, 0.25) is 0 Å². The Balaban J connectivity index is 2.49. The molecule has 0 heterocycles. The lowest BCUT2D eigenvalue weighted by Crippen LogP contribution is -2.33. The van der Waals surface area contributed by atoms with Crippen molar-refractivity contribution in [3.8, 4) is 0 Å². The van der Waals surface area contributed by atoms with Gasteiger partial charge in [-0.1, -0.05) is 28.1 Å². The fourth-order valence-electron chi connectivity index (χ4n) is 1.67. The minimum Gasteiger partial charge on any atom is -0.395 e. The van der Waals surface area contributed by atoms with Crippen LogP contribution < -0.4 is 0 Å². The van der Waals surface area contributed by atoms with Crippen molar-refractivity contribution in [1.82, 2.24) is 4.90 Å². The molecule has 0 bridgehead atoms. The van der Waals surface area contributed by atoms with Gasteiger partial charge in [0.25, 0.3) is 6.43 Å². The van der Waals surface area contributed by atoms with Crippen LogP contribution in [-0.2, 0) is 0 Å². The molecular weight excluding hydrogens is 320 g/mol. The maximum absolute atomic E-state index is 12.3. The number of hydrogen-bond donors (Lipinski definition) is 1. The lowest BCUT2D eigenvalue weighted by atomic mass is 10.1. The monoisotopic (exact) mass is 335 g/mol. The fraction of sp³-hybridized carbons (Fsp3) is 0.462. The largest absolute Gasteiger partial charge is 0.395 e. The van der Waals surface area contributed by atoms with Crippen LogP contribution in [0, 0.1) is 0 Å². The molecule has 3 nitrogen and oxygen atoms in total. The number of aliphatic hydroxyl groups is 1. The first-order valence-electron chi connectivity index (χ1n) is 5.93. The molecule has 0 aromatic heterocycles. The van der Waals surface area contributed by atoms with E-state index in [-0.39, 0.29) is 31.9 Å². The van der Waals surface area contributed by atoms with Gasteiger partial charge in [-0.25, -0.2) is 8.78 Å². The number of alkyl halides is 2. The number of nitrogens with zero attached hydrogens (tertiary/aromatic N) is 1. The second kappa shape index (κ2) is 8.35. The third-order valence-electron chi connectivity index (χ3n) is 2.63. The molecule has 0 aliphatic carbocycles. The fourth-order valence-corrected chi connectivity index (χ4v) is 1.94. The summed E-state index contributed by atoms with van der Waals surface area (Å²) < 4.78 is 25.5. The van der Waals surface area contributed by atoms with Crippen LogP contribution in [0.1, 0.15) is 16.8 Å². The van der Waals surface area contributed by atoms with E-state index >= 15 is 0 Å². The Morgan fingerprint density at radius 1 is 1.26 bits per heavy atom. The zero-order valence-electron chi connectivity index (χ0n) is 10.4. The predicted molar refractivity (Wildman–Crippen MR) is 72.6 cm³/mol. The molecular formula is C13H16BrF2NO2. The van der Waals surface area contributed by atoms with Crippen molar-refractivity contribution in [2.24, 2.45) is 0 Å². The van der Waals surface area contributed by atoms with Crippen LogP contribution in [0.5, 0.6) is 0 Å². The van der Waals surface area contributed by atoms with Crippen LogP contribution in [0.3, 0.4) is 0 Å². The number of rotatable bonds is 8. The minimum absolute atomic E-state index is 0.0929. The third kappa shape index (κ3) is 6.22. The standard InChI is InChI=1S/C13H16BrF2NO2/c14-11-3-1-10(2-4-11)12(19)5-6-17(7-8-18)9-13(15)16/h1-4,13,18H,5-9H2. The smallest absolute Gasteiger partial charge is 0.251 e. The summed E-state index contributed by atoms with van der Waals surface area (Å²) in [5.74, 6) is -0.0929. The molecule has 0 amide bonds. The second-order valence-corrected chi connectivity index (χ2v) is 5.01. The molecule has 0 radical (unpaired) electrons. The van der Waals surface area contributed by atoms with Crippen LogP contribution in [0.4, 0.5) is 8.78 Å². The Morgan fingerprint density at radius 2 is 1.89 bits per heavy atom. The van der Waals surface area contributed by atoms with Crippen molar-refractivity contribution in [3.05, 3.63) is 34.3 Å². The van der Waals surface area contributed by atoms with Gasteiger partial charge in [0, 0.05) is 29.5 Å². The van der Waals surface area contributed by atoms with Gasteiger partial charge >= 0.3 is 0 Å². The van der Waals surface area contributed by atoms with E-state index in [0.717, 1.165) is 4.47 Å². The molecule has 0 aliphatic heterocycles. The number of aliphatic hydroxyl groups excluding tert-OH is 1. The van der Waals surface area contributed by atoms with Gasteiger partial charge in [-0.2, -0.15) is 0 Å². The van der Waals surface area contributed by atoms with Gasteiger partial charge in [0.15, 0.2) is 5.78 Å². The molecule has 0 fully saturated rings. The average Bonchev–Trinajstić information content (AvgIpc) is 2.36. The van der Waals surface area contributed by atoms with Crippen LogP contribution >= 0.6 is 15.9 Å². The van der Waals surface area contributed by atoms with Crippen LogP contribution in [-0.4, -0.2) is 48.5 Å². The van der Waals surface area contributed by atoms with Crippen molar-refractivity contribution in [3.63, 3.8) is 0 Å². The Morgan fingerprint density at radius 3 is 2.42 bits per heavy atom. The quantitative estimate of drug-likeness (QED) is 0.742. The molecule has 1 aromatic carbocycles. The zero-order valence-corrected chi connectivity index (χ0v) is 11.9. The molecule has 0 saturated carbocycles. The van der Waals surface area contributed by atoms with Crippen molar-refractivity contribution in [2.45, 2.75) is 12.8 Å². The Bertz CT molecular complexity index is 398. The Labute approximate surface area is 119 Å². The lowest BCUT2D eigenvalue weighted by molar-refractivity contribution is 0.0732. The number of carbonyl (C=O) groups excluding carboxylic acids is 1. The van der Waals surface area contributed by atoms with Gasteiger partial charge in [-0.3, -0.25) is 9.69 Å². The van der Waals surface area contributed by atoms with E-state index < -0.39 is 13.0 Å². The number of ketones is 1. The highest BCUT2D eigenvalue weighted by Gasteiger charge is 2.14. The predicted octanol–water partition coefficient (Wildman–Crippen LogP) is 2.58. The summed E-state index contributed by atoms with van der Waals surface area (Å²) in [4.78, 5) is 13.2. The third-order valence-corrected chi connectivity index (χ3v) is 3.16. The maximum atomic E-state index is 12.3. The highest BCUT2D eigenvalue weighted by atomic mass is 79.9. The molecule has 0 spiro atoms. The van der Waals surface area contributed by atoms with E-state index in [1.807, 2.05) is 0 Å². The van der Waals surface area contributed by atoms with Gasteiger partial charge < -0.3 is 5.11 Å². The highest BCUT2D eigenvalue weighted by Crippen LogP contribution is 2.12. The summed E-state index contributed by atoms with van der Waals surface area (Å²) in [7, 11) is 0. The first-order valence-corrected chi connectivity index (χ1v) is 6.72. The van der Waals surface area contributed by atoms with Crippen molar-refractivity contribution >= 4 is 21.7 Å². The van der Waals surface area contributed by atoms with Gasteiger partial charge in [0.05, 0.1) is 13.2 Å². The number of halogens is 3. The molecule has 0 unspecified atom stereocenters. The van der Waals surface area contributed by atoms with E-state index in [2.05, 4.69) is 15.9 Å². The summed E-state index contributed by atoms with van der Waals surface area (Å²) in [5, 5.41) is 8.79. The first kappa shape index (κ1) is 16.2. The van der Waals surface area contributed by atoms with Crippen molar-refractivity contribution in [2.75, 3.05) is 26.2 Å². The SMILES string of the molecule is O=C(CCN(CCO)CC(F)F)c1ccc(Br)cc1. The number of benzene rings is 1. The molecule has 106 valence electrons. The van der Waals surface area contributed by atoms with E-state index in [4.69, 9.17) is 5.11 Å². The molecule has 0 atom stereocenters. The average molecular weight is 336 g/mol. The van der Waals surface area contributed by atoms with E-state index in [1.54, 1.807) is 24.3 Å². The number of Topliss-reactive ketones (excluding diaryl/α,β-unsaturated/α-hetero) is 1. The number of carbonyl (C=O) groups is 1. The van der Waals surface area contributed by atoms with Gasteiger partial charge in [-0.05, 0) is 12.1 Å². The van der Waals surface area contributed by atoms with Gasteiger partial charge in [0.1, 0.15) is 0 Å². The summed E-state index contributed by atoms with van der Waals surface area (Å²) in [5.41, 5.74) is 0.559. The van der Waals surface area contributed by atoms with Crippen LogP contribution in [0.15, 0.2) is 28.7 Å². The number of hydrogen-bond acceptors (Lipinski definition) is 3. The van der Waals surface area contributed by atoms with E-state index in [1.165, 1.54) is 4.90 Å². The summed E-state index contributed by atoms with van der Waals surface area (Å²) in [6, 6.07) is 6.90. The first-order chi connectivity index (χ1) is 9.02. The topological polar surface area (TPSA) is 40.5 Å². The maximum Gasteiger partial charge on any atom is 0.251 e. The molecule has 1 N–H and O–H groups in total. The second-order valence-electron chi connectivity index (χ2n) is 4.10. The van der Waals surface area contributed by atoms with E-state index in [0.29, 0.717) is 5.56 Å². The van der Waals surface area contributed by atoms with E-state index in [9.17, 15) is 13.6 Å². The normalized spacial score (nSPS) is 11.3. The summed E-state index contributed by atoms with van der Waals surface area (Å²) >= 11 is 3.27.